The third kappa shape index (κ3) is 2.54. The molecule has 1 heterocycles. The van der Waals surface area contributed by atoms with Crippen molar-refractivity contribution in [2.24, 2.45) is 0 Å². The minimum atomic E-state index is -1.28. The van der Waals surface area contributed by atoms with Gasteiger partial charge in [0.05, 0.1) is 6.61 Å². The zero-order valence-electron chi connectivity index (χ0n) is 10.3. The third-order valence-electron chi connectivity index (χ3n) is 3.39. The summed E-state index contributed by atoms with van der Waals surface area (Å²) in [5.74, 6) is 0. The normalized spacial score (nSPS) is 20.5. The van der Waals surface area contributed by atoms with Gasteiger partial charge in [-0.25, -0.2) is 0 Å². The molecule has 0 bridgehead atoms. The van der Waals surface area contributed by atoms with Crippen molar-refractivity contribution in [3.05, 3.63) is 68.7 Å². The van der Waals surface area contributed by atoms with E-state index in [2.05, 4.69) is 0 Å². The predicted octanol–water partition coefficient (Wildman–Crippen LogP) is 4.28. The average Bonchev–Trinajstić information content (AvgIpc) is 3.22. The van der Waals surface area contributed by atoms with Gasteiger partial charge in [0.25, 0.3) is 0 Å². The maximum absolute atomic E-state index is 11.1. The van der Waals surface area contributed by atoms with Crippen LogP contribution < -0.4 is 0 Å². The molecule has 2 unspecified atom stereocenters. The monoisotopic (exact) mass is 328 g/mol. The minimum absolute atomic E-state index is 0.307. The molecule has 1 saturated heterocycles. The van der Waals surface area contributed by atoms with Crippen LogP contribution in [0.4, 0.5) is 0 Å². The highest BCUT2D eigenvalue weighted by atomic mass is 35.5. The van der Waals surface area contributed by atoms with Crippen molar-refractivity contribution in [3.8, 4) is 0 Å². The van der Waals surface area contributed by atoms with Gasteiger partial charge in [0.1, 0.15) is 11.7 Å². The molecule has 0 saturated carbocycles. The Morgan fingerprint density at radius 2 is 1.45 bits per heavy atom. The Labute approximate surface area is 131 Å². The Morgan fingerprint density at radius 3 is 1.95 bits per heavy atom. The van der Waals surface area contributed by atoms with E-state index in [9.17, 15) is 5.11 Å². The number of hydrogen-bond donors (Lipinski definition) is 1. The molecule has 0 aliphatic carbocycles. The second-order valence-corrected chi connectivity index (χ2v) is 6.06. The van der Waals surface area contributed by atoms with Crippen molar-refractivity contribution in [1.29, 1.82) is 0 Å². The molecule has 0 radical (unpaired) electrons. The molecule has 1 aliphatic heterocycles. The zero-order valence-corrected chi connectivity index (χ0v) is 12.6. The van der Waals surface area contributed by atoms with Crippen molar-refractivity contribution in [1.82, 2.24) is 0 Å². The fourth-order valence-electron chi connectivity index (χ4n) is 2.31. The fourth-order valence-corrected chi connectivity index (χ4v) is 2.96. The van der Waals surface area contributed by atoms with Crippen LogP contribution in [0.2, 0.25) is 15.1 Å². The van der Waals surface area contributed by atoms with Gasteiger partial charge in [0.2, 0.25) is 0 Å². The largest absolute Gasteiger partial charge is 0.378 e. The molecule has 2 nitrogen and oxygen atoms in total. The standard InChI is InChI=1S/C15H11Cl3O2/c16-11-3-1-9(2-4-11)15(19,14-8-20-14)10-5-12(17)7-13(18)6-10/h1-7,14,19H,8H2. The van der Waals surface area contributed by atoms with Crippen LogP contribution in [0.1, 0.15) is 11.1 Å². The van der Waals surface area contributed by atoms with Gasteiger partial charge in [-0.2, -0.15) is 0 Å². The summed E-state index contributed by atoms with van der Waals surface area (Å²) in [7, 11) is 0. The quantitative estimate of drug-likeness (QED) is 0.852. The van der Waals surface area contributed by atoms with Crippen LogP contribution in [0.3, 0.4) is 0 Å². The van der Waals surface area contributed by atoms with Gasteiger partial charge >= 0.3 is 0 Å². The van der Waals surface area contributed by atoms with Gasteiger partial charge in [-0.05, 0) is 41.5 Å². The van der Waals surface area contributed by atoms with Crippen LogP contribution in [0, 0.1) is 0 Å². The first-order valence-electron chi connectivity index (χ1n) is 6.07. The number of aliphatic hydroxyl groups is 1. The van der Waals surface area contributed by atoms with Crippen LogP contribution >= 0.6 is 34.8 Å². The van der Waals surface area contributed by atoms with E-state index in [0.29, 0.717) is 32.8 Å². The third-order valence-corrected chi connectivity index (χ3v) is 4.07. The zero-order chi connectivity index (χ0) is 14.3. The van der Waals surface area contributed by atoms with Gasteiger partial charge in [0, 0.05) is 15.1 Å². The number of hydrogen-bond acceptors (Lipinski definition) is 2. The van der Waals surface area contributed by atoms with E-state index in [1.807, 2.05) is 0 Å². The first-order valence-corrected chi connectivity index (χ1v) is 7.20. The van der Waals surface area contributed by atoms with Crippen LogP contribution in [0.15, 0.2) is 42.5 Å². The molecule has 3 rings (SSSR count). The molecule has 2 aromatic carbocycles. The van der Waals surface area contributed by atoms with Crippen LogP contribution in [0.5, 0.6) is 0 Å². The summed E-state index contributed by atoms with van der Waals surface area (Å²) >= 11 is 18.0. The van der Waals surface area contributed by atoms with Crippen LogP contribution in [-0.2, 0) is 10.3 Å². The van der Waals surface area contributed by atoms with E-state index < -0.39 is 5.60 Å². The first kappa shape index (κ1) is 14.2. The SMILES string of the molecule is OC(c1ccc(Cl)cc1)(c1cc(Cl)cc(Cl)c1)C1CO1. The summed E-state index contributed by atoms with van der Waals surface area (Å²) in [6.07, 6.45) is -0.307. The highest BCUT2D eigenvalue weighted by Crippen LogP contribution is 2.42. The van der Waals surface area contributed by atoms with E-state index in [-0.39, 0.29) is 6.10 Å². The van der Waals surface area contributed by atoms with Crippen molar-refractivity contribution in [3.63, 3.8) is 0 Å². The summed E-state index contributed by atoms with van der Waals surface area (Å²) < 4.78 is 5.32. The van der Waals surface area contributed by atoms with Gasteiger partial charge in [-0.3, -0.25) is 0 Å². The molecule has 2 atom stereocenters. The molecule has 0 spiro atoms. The molecule has 1 N–H and O–H groups in total. The van der Waals surface area contributed by atoms with Gasteiger partial charge < -0.3 is 9.84 Å². The molecule has 20 heavy (non-hydrogen) atoms. The topological polar surface area (TPSA) is 32.8 Å². The van der Waals surface area contributed by atoms with E-state index in [1.165, 1.54) is 0 Å². The highest BCUT2D eigenvalue weighted by molar-refractivity contribution is 6.34. The number of epoxide rings is 1. The maximum atomic E-state index is 11.1. The molecular weight excluding hydrogens is 319 g/mol. The van der Waals surface area contributed by atoms with Crippen LogP contribution in [-0.4, -0.2) is 17.8 Å². The summed E-state index contributed by atoms with van der Waals surface area (Å²) in [4.78, 5) is 0. The van der Waals surface area contributed by atoms with Gasteiger partial charge in [-0.1, -0.05) is 46.9 Å². The molecule has 104 valence electrons. The summed E-state index contributed by atoms with van der Waals surface area (Å²) in [6.45, 7) is 0.489. The number of halogens is 3. The predicted molar refractivity (Wildman–Crippen MR) is 80.7 cm³/mol. The molecule has 1 aliphatic rings. The molecule has 0 amide bonds. The summed E-state index contributed by atoms with van der Waals surface area (Å²) in [6, 6.07) is 12.0. The number of ether oxygens (including phenoxy) is 1. The lowest BCUT2D eigenvalue weighted by Gasteiger charge is -2.28. The first-order chi connectivity index (χ1) is 9.50. The molecule has 0 aromatic heterocycles. The van der Waals surface area contributed by atoms with Crippen LogP contribution in [0.25, 0.3) is 0 Å². The number of benzene rings is 2. The Balaban J connectivity index is 2.14. The molecule has 2 aromatic rings. The van der Waals surface area contributed by atoms with E-state index in [1.54, 1.807) is 42.5 Å². The Kier molecular flexibility index (Phi) is 3.69. The Bertz CT molecular complexity index is 618. The highest BCUT2D eigenvalue weighted by Gasteiger charge is 2.48. The van der Waals surface area contributed by atoms with Gasteiger partial charge in [0.15, 0.2) is 0 Å². The van der Waals surface area contributed by atoms with E-state index in [0.717, 1.165) is 0 Å². The summed E-state index contributed by atoms with van der Waals surface area (Å²) in [5.41, 5.74) is 0.0293. The second kappa shape index (κ2) is 5.21. The van der Waals surface area contributed by atoms with E-state index >= 15 is 0 Å². The maximum Gasteiger partial charge on any atom is 0.143 e. The van der Waals surface area contributed by atoms with E-state index in [4.69, 9.17) is 39.5 Å². The van der Waals surface area contributed by atoms with Gasteiger partial charge in [-0.15, -0.1) is 0 Å². The number of rotatable bonds is 3. The molecule has 5 heteroatoms. The lowest BCUT2D eigenvalue weighted by atomic mass is 9.83. The average molecular weight is 330 g/mol. The van der Waals surface area contributed by atoms with Crippen molar-refractivity contribution < 1.29 is 9.84 Å². The summed E-state index contributed by atoms with van der Waals surface area (Å²) in [5, 5.41) is 12.7. The minimum Gasteiger partial charge on any atom is -0.378 e. The molecular formula is C15H11Cl3O2. The van der Waals surface area contributed by atoms with Crippen molar-refractivity contribution in [2.45, 2.75) is 11.7 Å². The van der Waals surface area contributed by atoms with Crippen molar-refractivity contribution in [2.75, 3.05) is 6.61 Å². The lowest BCUT2D eigenvalue weighted by Crippen LogP contribution is -2.33. The molecule has 1 fully saturated rings. The van der Waals surface area contributed by atoms with Crippen molar-refractivity contribution >= 4 is 34.8 Å². The second-order valence-electron chi connectivity index (χ2n) is 4.75. The smallest absolute Gasteiger partial charge is 0.143 e. The fraction of sp³-hybridized carbons (Fsp3) is 0.200. The lowest BCUT2D eigenvalue weighted by molar-refractivity contribution is 0.0478. The Hall–Kier alpha value is -0.770. The Morgan fingerprint density at radius 1 is 0.900 bits per heavy atom.